The van der Waals surface area contributed by atoms with Crippen molar-refractivity contribution in [2.75, 3.05) is 0 Å². The summed E-state index contributed by atoms with van der Waals surface area (Å²) in [4.78, 5) is 15.2. The summed E-state index contributed by atoms with van der Waals surface area (Å²) in [7, 11) is 0. The van der Waals surface area contributed by atoms with Crippen LogP contribution in [0.2, 0.25) is 0 Å². The van der Waals surface area contributed by atoms with Gasteiger partial charge in [0.15, 0.2) is 0 Å². The van der Waals surface area contributed by atoms with Crippen LogP contribution < -0.4 is 5.73 Å². The van der Waals surface area contributed by atoms with Gasteiger partial charge in [-0.1, -0.05) is 55.0 Å². The third kappa shape index (κ3) is 3.58. The number of nitrogens with two attached hydrogens (primary N) is 1. The Morgan fingerprint density at radius 1 is 0.920 bits per heavy atom. The highest BCUT2D eigenvalue weighted by Crippen LogP contribution is 2.34. The number of halogens is 1. The molecule has 0 saturated heterocycles. The van der Waals surface area contributed by atoms with Crippen molar-refractivity contribution >= 4 is 18.3 Å². The first-order chi connectivity index (χ1) is 11.7. The van der Waals surface area contributed by atoms with Crippen LogP contribution in [0.25, 0.3) is 11.1 Å². The first-order valence-corrected chi connectivity index (χ1v) is 8.93. The molecule has 2 aromatic carbocycles. The van der Waals surface area contributed by atoms with Gasteiger partial charge in [0.1, 0.15) is 0 Å². The van der Waals surface area contributed by atoms with E-state index in [9.17, 15) is 4.79 Å². The second kappa shape index (κ2) is 7.59. The Hall–Kier alpha value is -1.84. The fourth-order valence-corrected chi connectivity index (χ4v) is 4.17. The lowest BCUT2D eigenvalue weighted by atomic mass is 9.85. The molecule has 0 bridgehead atoms. The Morgan fingerprint density at radius 3 is 2.04 bits per heavy atom. The first-order valence-electron chi connectivity index (χ1n) is 8.93. The highest BCUT2D eigenvalue weighted by molar-refractivity contribution is 5.85. The van der Waals surface area contributed by atoms with E-state index in [1.807, 2.05) is 4.90 Å². The van der Waals surface area contributed by atoms with Crippen molar-refractivity contribution in [1.29, 1.82) is 0 Å². The van der Waals surface area contributed by atoms with Gasteiger partial charge in [-0.25, -0.2) is 0 Å². The average Bonchev–Trinajstić information content (AvgIpc) is 2.78. The summed E-state index contributed by atoms with van der Waals surface area (Å²) in [5, 5.41) is 0. The fraction of sp³-hybridized carbons (Fsp3) is 0.381. The Kier molecular flexibility index (Phi) is 5.45. The molecule has 2 N–H and O–H groups in total. The smallest absolute Gasteiger partial charge is 0.226 e. The van der Waals surface area contributed by atoms with Crippen molar-refractivity contribution < 1.29 is 4.79 Å². The highest BCUT2D eigenvalue weighted by Gasteiger charge is 2.31. The minimum Gasteiger partial charge on any atom is -0.334 e. The van der Waals surface area contributed by atoms with Gasteiger partial charge in [0, 0.05) is 25.0 Å². The average molecular weight is 357 g/mol. The molecule has 0 spiro atoms. The van der Waals surface area contributed by atoms with Gasteiger partial charge >= 0.3 is 0 Å². The summed E-state index contributed by atoms with van der Waals surface area (Å²) in [5.74, 6) is 0.364. The van der Waals surface area contributed by atoms with Gasteiger partial charge in [0.05, 0.1) is 0 Å². The van der Waals surface area contributed by atoms with E-state index in [1.165, 1.54) is 22.3 Å². The van der Waals surface area contributed by atoms with Crippen LogP contribution >= 0.6 is 12.4 Å². The lowest BCUT2D eigenvalue weighted by Crippen LogP contribution is -2.39. The summed E-state index contributed by atoms with van der Waals surface area (Å²) < 4.78 is 0. The minimum atomic E-state index is 0. The van der Waals surface area contributed by atoms with Crippen molar-refractivity contribution in [1.82, 2.24) is 4.90 Å². The number of benzene rings is 2. The molecule has 4 rings (SSSR count). The van der Waals surface area contributed by atoms with Crippen molar-refractivity contribution in [2.45, 2.75) is 44.8 Å². The van der Waals surface area contributed by atoms with E-state index < -0.39 is 0 Å². The zero-order valence-electron chi connectivity index (χ0n) is 14.4. The maximum absolute atomic E-state index is 13.1. The molecule has 2 aliphatic rings. The predicted octanol–water partition coefficient (Wildman–Crippen LogP) is 4.14. The van der Waals surface area contributed by atoms with Gasteiger partial charge < -0.3 is 10.6 Å². The van der Waals surface area contributed by atoms with Crippen LogP contribution in [0.3, 0.4) is 0 Å². The molecule has 3 nitrogen and oxygen atoms in total. The van der Waals surface area contributed by atoms with Crippen LogP contribution in [0.5, 0.6) is 0 Å². The Bertz CT molecular complexity index is 714. The van der Waals surface area contributed by atoms with E-state index in [-0.39, 0.29) is 30.3 Å². The highest BCUT2D eigenvalue weighted by atomic mass is 35.5. The normalized spacial score (nSPS) is 22.2. The fourth-order valence-electron chi connectivity index (χ4n) is 4.17. The molecule has 4 heteroatoms. The monoisotopic (exact) mass is 356 g/mol. The van der Waals surface area contributed by atoms with Crippen LogP contribution in [-0.4, -0.2) is 16.8 Å². The lowest BCUT2D eigenvalue weighted by molar-refractivity contribution is -0.138. The number of hydrogen-bond acceptors (Lipinski definition) is 2. The van der Waals surface area contributed by atoms with E-state index in [2.05, 4.69) is 48.5 Å². The van der Waals surface area contributed by atoms with Crippen molar-refractivity contribution in [3.8, 4) is 11.1 Å². The van der Waals surface area contributed by atoms with Crippen molar-refractivity contribution in [3.63, 3.8) is 0 Å². The number of nitrogens with zero attached hydrogens (tertiary/aromatic N) is 1. The van der Waals surface area contributed by atoms with E-state index in [0.717, 1.165) is 25.7 Å². The van der Waals surface area contributed by atoms with Crippen LogP contribution in [0, 0.1) is 5.92 Å². The second-order valence-corrected chi connectivity index (χ2v) is 7.13. The van der Waals surface area contributed by atoms with Crippen LogP contribution in [0.1, 0.15) is 36.8 Å². The standard InChI is InChI=1S/C21H24N2O.ClH/c22-18-9-5-8-15(12-18)21(24)23-13-16-6-1-3-10-19(16)20-11-4-2-7-17(20)14-23;/h1-4,6-7,10-11,15,18H,5,8-9,12-14,22H2;1H. The third-order valence-corrected chi connectivity index (χ3v) is 5.42. The molecule has 2 atom stereocenters. The van der Waals surface area contributed by atoms with Crippen LogP contribution in [-0.2, 0) is 17.9 Å². The summed E-state index contributed by atoms with van der Waals surface area (Å²) in [6.07, 6.45) is 3.93. The number of rotatable bonds is 1. The Morgan fingerprint density at radius 2 is 1.48 bits per heavy atom. The zero-order valence-corrected chi connectivity index (χ0v) is 15.2. The summed E-state index contributed by atoms with van der Waals surface area (Å²) in [6, 6.07) is 17.1. The molecule has 1 aliphatic heterocycles. The van der Waals surface area contributed by atoms with Gasteiger partial charge in [0.2, 0.25) is 5.91 Å². The third-order valence-electron chi connectivity index (χ3n) is 5.42. The number of carbonyl (C=O) groups is 1. The second-order valence-electron chi connectivity index (χ2n) is 7.13. The molecule has 25 heavy (non-hydrogen) atoms. The Balaban J connectivity index is 0.00000182. The van der Waals surface area contributed by atoms with Crippen molar-refractivity contribution in [2.24, 2.45) is 11.7 Å². The molecular weight excluding hydrogens is 332 g/mol. The van der Waals surface area contributed by atoms with Gasteiger partial charge in [0.25, 0.3) is 0 Å². The molecular formula is C21H25ClN2O. The number of amides is 1. The molecule has 1 heterocycles. The van der Waals surface area contributed by atoms with Crippen LogP contribution in [0.15, 0.2) is 48.5 Å². The minimum absolute atomic E-state index is 0. The zero-order chi connectivity index (χ0) is 16.5. The number of hydrogen-bond donors (Lipinski definition) is 1. The van der Waals surface area contributed by atoms with E-state index in [0.29, 0.717) is 13.1 Å². The largest absolute Gasteiger partial charge is 0.334 e. The molecule has 1 saturated carbocycles. The molecule has 1 aliphatic carbocycles. The topological polar surface area (TPSA) is 46.3 Å². The first kappa shape index (κ1) is 18.0. The molecule has 0 aromatic heterocycles. The van der Waals surface area contributed by atoms with E-state index in [4.69, 9.17) is 5.73 Å². The van der Waals surface area contributed by atoms with Gasteiger partial charge in [-0.2, -0.15) is 0 Å². The van der Waals surface area contributed by atoms with Crippen LogP contribution in [0.4, 0.5) is 0 Å². The predicted molar refractivity (Wildman–Crippen MR) is 103 cm³/mol. The van der Waals surface area contributed by atoms with E-state index >= 15 is 0 Å². The SMILES string of the molecule is Cl.NC1CCCC(C(=O)N2Cc3ccccc3-c3ccccc3C2)C1. The molecule has 1 amide bonds. The van der Waals surface area contributed by atoms with Crippen molar-refractivity contribution in [3.05, 3.63) is 59.7 Å². The molecule has 0 radical (unpaired) electrons. The number of carbonyl (C=O) groups excluding carboxylic acids is 1. The molecule has 1 fully saturated rings. The quantitative estimate of drug-likeness (QED) is 0.834. The summed E-state index contributed by atoms with van der Waals surface area (Å²) in [6.45, 7) is 1.38. The summed E-state index contributed by atoms with van der Waals surface area (Å²) >= 11 is 0. The maximum Gasteiger partial charge on any atom is 0.226 e. The molecule has 2 unspecified atom stereocenters. The van der Waals surface area contributed by atoms with E-state index in [1.54, 1.807) is 0 Å². The molecule has 132 valence electrons. The number of fused-ring (bicyclic) bond motifs is 3. The van der Waals surface area contributed by atoms with Gasteiger partial charge in [-0.15, -0.1) is 12.4 Å². The maximum atomic E-state index is 13.1. The van der Waals surface area contributed by atoms with Gasteiger partial charge in [-0.05, 0) is 41.5 Å². The lowest BCUT2D eigenvalue weighted by Gasteiger charge is -2.31. The van der Waals surface area contributed by atoms with Gasteiger partial charge in [-0.3, -0.25) is 4.79 Å². The Labute approximate surface area is 155 Å². The summed E-state index contributed by atoms with van der Waals surface area (Å²) in [5.41, 5.74) is 11.1. The molecule has 2 aromatic rings.